The standard InChI is InChI=1S/3C11H7F3O2.Dy.2H2O/c3*12-11(13,14)10(16)8-5-6-3-1-2-4-7(6)9(8)15;;;/h3*1-4,16H,5H2;;2*1H2/q;;;+3;;/p-1/b3*10-8-;;;. The maximum absolute atomic E-state index is 12.2. The smallest absolute Gasteiger partial charge is 0.869 e. The fraction of sp³-hybridized carbons (Fsp3) is 0.182. The van der Waals surface area contributed by atoms with Gasteiger partial charge in [-0.2, -0.15) is 39.5 Å². The van der Waals surface area contributed by atoms with E-state index in [1.165, 1.54) is 18.2 Å². The zero-order chi connectivity index (χ0) is 35.8. The molecule has 0 spiro atoms. The van der Waals surface area contributed by atoms with E-state index in [4.69, 9.17) is 0 Å². The molecule has 8 nitrogen and oxygen atoms in total. The molecule has 3 aromatic rings. The van der Waals surface area contributed by atoms with Crippen molar-refractivity contribution in [2.45, 2.75) is 37.8 Å². The van der Waals surface area contributed by atoms with E-state index in [-0.39, 0.29) is 85.1 Å². The number of Topliss-reactive ketones (excluding diaryl/α,β-unsaturated/α-hetero) is 3. The second-order valence-electron chi connectivity index (χ2n) is 10.4. The quantitative estimate of drug-likeness (QED) is 0.145. The van der Waals surface area contributed by atoms with Crippen molar-refractivity contribution in [2.75, 3.05) is 0 Å². The van der Waals surface area contributed by atoms with E-state index in [1.807, 2.05) is 0 Å². The van der Waals surface area contributed by atoms with E-state index < -0.39 is 69.9 Å². The first-order chi connectivity index (χ1) is 22.2. The van der Waals surface area contributed by atoms with Crippen molar-refractivity contribution in [1.82, 2.24) is 0 Å². The number of fused-ring (bicyclic) bond motifs is 3. The van der Waals surface area contributed by atoms with Crippen LogP contribution in [0.25, 0.3) is 0 Å². The zero-order valence-corrected chi connectivity index (χ0v) is 27.4. The van der Waals surface area contributed by atoms with E-state index in [0.717, 1.165) is 0 Å². The predicted molar refractivity (Wildman–Crippen MR) is 152 cm³/mol. The number of benzene rings is 3. The number of hydrogen-bond donors (Lipinski definition) is 0. The molecule has 18 heteroatoms. The number of ketones is 3. The molecule has 0 aliphatic heterocycles. The molecule has 6 N–H and O–H groups in total. The molecule has 0 saturated carbocycles. The van der Waals surface area contributed by atoms with Crippen molar-refractivity contribution in [2.24, 2.45) is 0 Å². The van der Waals surface area contributed by atoms with Crippen molar-refractivity contribution in [1.29, 1.82) is 0 Å². The maximum Gasteiger partial charge on any atom is 3.00 e. The summed E-state index contributed by atoms with van der Waals surface area (Å²) in [6, 6.07) is 18.4. The van der Waals surface area contributed by atoms with Crippen LogP contribution in [-0.2, 0) is 30.2 Å². The molecule has 0 atom stereocenters. The van der Waals surface area contributed by atoms with Gasteiger partial charge in [-0.25, -0.2) is 0 Å². The summed E-state index contributed by atoms with van der Waals surface area (Å²) in [6.45, 7) is 0. The molecule has 0 heterocycles. The van der Waals surface area contributed by atoms with Crippen LogP contribution in [0.5, 0.6) is 0 Å². The Morgan fingerprint density at radius 2 is 0.627 bits per heavy atom. The molecule has 275 valence electrons. The molecule has 3 aliphatic rings. The van der Waals surface area contributed by atoms with Gasteiger partial charge in [0.1, 0.15) is 0 Å². The Morgan fingerprint density at radius 3 is 0.804 bits per heavy atom. The molecule has 1 radical (unpaired) electrons. The molecule has 51 heavy (non-hydrogen) atoms. The SMILES string of the molecule is O=C1/C(=C(\[O-])C(F)(F)F)Cc2ccccc21.O=C1/C(=C(\[O-])C(F)(F)F)Cc2ccccc21.O=C1/C(=C(\[O-])C(F)(F)F)Cc2ccccc21.[Dy+3].[OH3+].[OH3+]. The van der Waals surface area contributed by atoms with Gasteiger partial charge in [-0.1, -0.05) is 72.8 Å². The summed E-state index contributed by atoms with van der Waals surface area (Å²) in [5.74, 6) is -8.52. The first-order valence-corrected chi connectivity index (χ1v) is 13.5. The Bertz CT molecular complexity index is 1690. The third-order valence-electron chi connectivity index (χ3n) is 7.30. The van der Waals surface area contributed by atoms with E-state index in [1.54, 1.807) is 54.6 Å². The molecule has 0 bridgehead atoms. The third kappa shape index (κ3) is 9.80. The number of hydrogen-bond acceptors (Lipinski definition) is 6. The summed E-state index contributed by atoms with van der Waals surface area (Å²) < 4.78 is 110. The van der Waals surface area contributed by atoms with Gasteiger partial charge in [0.2, 0.25) is 0 Å². The van der Waals surface area contributed by atoms with Crippen molar-refractivity contribution in [3.8, 4) is 0 Å². The monoisotopic (exact) mass is 883 g/mol. The Kier molecular flexibility index (Phi) is 14.9. The minimum absolute atomic E-state index is 0. The zero-order valence-electron chi connectivity index (χ0n) is 25.4. The van der Waals surface area contributed by atoms with Crippen LogP contribution in [0.4, 0.5) is 39.5 Å². The number of halogens is 9. The fourth-order valence-corrected chi connectivity index (χ4v) is 5.05. The molecule has 0 unspecified atom stereocenters. The van der Waals surface area contributed by atoms with Crippen LogP contribution in [-0.4, -0.2) is 35.9 Å². The summed E-state index contributed by atoms with van der Waals surface area (Å²) in [7, 11) is 0. The molecule has 3 aromatic carbocycles. The van der Waals surface area contributed by atoms with Gasteiger partial charge in [-0.05, 0) is 34.0 Å². The van der Waals surface area contributed by atoms with Crippen molar-refractivity contribution in [3.63, 3.8) is 0 Å². The Balaban J connectivity index is 0.000000372. The van der Waals surface area contributed by atoms with Crippen molar-refractivity contribution < 1.29 is 118 Å². The molecular formula is C33H24DyF9O8+2. The summed E-state index contributed by atoms with van der Waals surface area (Å²) in [5, 5.41) is 32.9. The fourth-order valence-electron chi connectivity index (χ4n) is 5.05. The van der Waals surface area contributed by atoms with E-state index >= 15 is 0 Å². The normalized spacial score (nSPS) is 17.5. The average Bonchev–Trinajstić information content (AvgIpc) is 3.66. The second kappa shape index (κ2) is 16.9. The predicted octanol–water partition coefficient (Wildman–Crippen LogP) is 2.96. The molecule has 0 amide bonds. The Labute approximate surface area is 312 Å². The number of carbonyl (C=O) groups excluding carboxylic acids is 3. The van der Waals surface area contributed by atoms with Gasteiger partial charge in [0.05, 0.1) is 0 Å². The molecule has 0 aromatic heterocycles. The van der Waals surface area contributed by atoms with Gasteiger partial charge < -0.3 is 26.3 Å². The Hall–Kier alpha value is -4.15. The Morgan fingerprint density at radius 1 is 0.431 bits per heavy atom. The summed E-state index contributed by atoms with van der Waals surface area (Å²) in [6.07, 6.45) is -15.6. The van der Waals surface area contributed by atoms with Crippen molar-refractivity contribution in [3.05, 3.63) is 140 Å². The minimum Gasteiger partial charge on any atom is -0.869 e. The maximum atomic E-state index is 12.2. The van der Waals surface area contributed by atoms with Crippen LogP contribution in [0, 0.1) is 38.2 Å². The number of carbonyl (C=O) groups is 3. The van der Waals surface area contributed by atoms with Crippen LogP contribution >= 0.6 is 0 Å². The first kappa shape index (κ1) is 44.9. The molecular weight excluding hydrogens is 858 g/mol. The second-order valence-corrected chi connectivity index (χ2v) is 10.4. The van der Waals surface area contributed by atoms with Gasteiger partial charge in [0.25, 0.3) is 0 Å². The van der Waals surface area contributed by atoms with Crippen LogP contribution in [0.2, 0.25) is 0 Å². The van der Waals surface area contributed by atoms with E-state index in [9.17, 15) is 69.2 Å². The van der Waals surface area contributed by atoms with Crippen LogP contribution in [0.15, 0.2) is 107 Å². The van der Waals surface area contributed by atoms with Crippen LogP contribution in [0.3, 0.4) is 0 Å². The number of rotatable bonds is 0. The summed E-state index contributed by atoms with van der Waals surface area (Å²) in [5.41, 5.74) is -0.0725. The molecule has 3 aliphatic carbocycles. The van der Waals surface area contributed by atoms with Gasteiger partial charge in [0, 0.05) is 52.7 Å². The molecule has 0 saturated heterocycles. The van der Waals surface area contributed by atoms with Crippen molar-refractivity contribution >= 4 is 17.3 Å². The summed E-state index contributed by atoms with van der Waals surface area (Å²) >= 11 is 0. The van der Waals surface area contributed by atoms with Crippen LogP contribution in [0.1, 0.15) is 47.8 Å². The minimum atomic E-state index is -4.98. The van der Waals surface area contributed by atoms with E-state index in [2.05, 4.69) is 0 Å². The topological polar surface area (TPSA) is 186 Å². The summed E-state index contributed by atoms with van der Waals surface area (Å²) in [4.78, 5) is 34.6. The largest absolute Gasteiger partial charge is 3.00 e. The number of alkyl halides is 9. The average molecular weight is 882 g/mol. The molecule has 6 rings (SSSR count). The third-order valence-corrected chi connectivity index (χ3v) is 7.30. The molecule has 0 fully saturated rings. The van der Waals surface area contributed by atoms with Gasteiger partial charge >= 0.3 is 56.7 Å². The van der Waals surface area contributed by atoms with Gasteiger partial charge in [-0.3, -0.25) is 14.4 Å². The van der Waals surface area contributed by atoms with E-state index in [0.29, 0.717) is 16.7 Å². The first-order valence-electron chi connectivity index (χ1n) is 13.5. The number of allylic oxidation sites excluding steroid dienone is 6. The van der Waals surface area contributed by atoms with Crippen LogP contribution < -0.4 is 15.3 Å². The van der Waals surface area contributed by atoms with Gasteiger partial charge in [-0.15, -0.1) is 0 Å². The van der Waals surface area contributed by atoms with Gasteiger partial charge in [0.15, 0.2) is 17.3 Å².